The zero-order valence-electron chi connectivity index (χ0n) is 18.0. The van der Waals surface area contributed by atoms with E-state index in [0.29, 0.717) is 24.1 Å². The van der Waals surface area contributed by atoms with Gasteiger partial charge < -0.3 is 10.1 Å². The van der Waals surface area contributed by atoms with Crippen LogP contribution in [0, 0.1) is 0 Å². The molecule has 166 valence electrons. The minimum atomic E-state index is -0.162. The van der Waals surface area contributed by atoms with Crippen molar-refractivity contribution in [1.82, 2.24) is 19.3 Å². The molecule has 31 heavy (non-hydrogen) atoms. The van der Waals surface area contributed by atoms with Crippen molar-refractivity contribution in [3.8, 4) is 0 Å². The molecule has 0 aromatic carbocycles. The molecule has 0 atom stereocenters. The fourth-order valence-corrected chi connectivity index (χ4v) is 5.97. The SMILES string of the molecule is COCCn1c(SCC(=O)Nc2ccnn2C(C)C)nc2sc3c(c2c1=O)CCCC3. The number of nitrogens with one attached hydrogen (secondary N) is 1. The summed E-state index contributed by atoms with van der Waals surface area (Å²) in [7, 11) is 1.61. The van der Waals surface area contributed by atoms with Crippen LogP contribution in [0.2, 0.25) is 0 Å². The molecule has 3 aromatic heterocycles. The molecule has 1 N–H and O–H groups in total. The molecular weight excluding hydrogens is 434 g/mol. The van der Waals surface area contributed by atoms with E-state index in [1.165, 1.54) is 22.2 Å². The number of thioether (sulfide) groups is 1. The number of fused-ring (bicyclic) bond motifs is 3. The van der Waals surface area contributed by atoms with Crippen molar-refractivity contribution in [1.29, 1.82) is 0 Å². The molecule has 0 fully saturated rings. The van der Waals surface area contributed by atoms with Crippen LogP contribution in [0.4, 0.5) is 5.82 Å². The van der Waals surface area contributed by atoms with E-state index < -0.39 is 0 Å². The van der Waals surface area contributed by atoms with Crippen molar-refractivity contribution in [3.63, 3.8) is 0 Å². The van der Waals surface area contributed by atoms with Gasteiger partial charge in [-0.1, -0.05) is 11.8 Å². The molecule has 0 unspecified atom stereocenters. The largest absolute Gasteiger partial charge is 0.383 e. The van der Waals surface area contributed by atoms with Crippen LogP contribution < -0.4 is 10.9 Å². The van der Waals surface area contributed by atoms with Gasteiger partial charge in [0.1, 0.15) is 10.6 Å². The van der Waals surface area contributed by atoms with Gasteiger partial charge in [-0.3, -0.25) is 14.2 Å². The van der Waals surface area contributed by atoms with Gasteiger partial charge in [0, 0.05) is 24.1 Å². The first kappa shape index (κ1) is 22.0. The minimum Gasteiger partial charge on any atom is -0.383 e. The molecule has 1 amide bonds. The average molecular weight is 462 g/mol. The van der Waals surface area contributed by atoms with Crippen LogP contribution in [0.1, 0.15) is 43.2 Å². The fourth-order valence-electron chi connectivity index (χ4n) is 3.84. The highest BCUT2D eigenvalue weighted by molar-refractivity contribution is 7.99. The Kier molecular flexibility index (Phi) is 6.78. The first-order valence-electron chi connectivity index (χ1n) is 10.5. The van der Waals surface area contributed by atoms with Gasteiger partial charge in [0.05, 0.1) is 30.5 Å². The highest BCUT2D eigenvalue weighted by Gasteiger charge is 2.22. The number of methoxy groups -OCH3 is 1. The van der Waals surface area contributed by atoms with Crippen molar-refractivity contribution >= 4 is 45.0 Å². The number of aromatic nitrogens is 4. The van der Waals surface area contributed by atoms with E-state index in [2.05, 4.69) is 10.4 Å². The third-order valence-corrected chi connectivity index (χ3v) is 7.48. The normalized spacial score (nSPS) is 13.7. The van der Waals surface area contributed by atoms with Crippen LogP contribution in [0.5, 0.6) is 0 Å². The monoisotopic (exact) mass is 461 g/mol. The zero-order chi connectivity index (χ0) is 22.0. The Labute approximate surface area is 189 Å². The van der Waals surface area contributed by atoms with Crippen molar-refractivity contribution in [2.45, 2.75) is 57.3 Å². The van der Waals surface area contributed by atoms with E-state index in [4.69, 9.17) is 9.72 Å². The summed E-state index contributed by atoms with van der Waals surface area (Å²) in [5.74, 6) is 0.650. The summed E-state index contributed by atoms with van der Waals surface area (Å²) in [5.41, 5.74) is 1.15. The van der Waals surface area contributed by atoms with Gasteiger partial charge in [0.15, 0.2) is 5.16 Å². The van der Waals surface area contributed by atoms with Crippen LogP contribution in [-0.4, -0.2) is 44.7 Å². The zero-order valence-corrected chi connectivity index (χ0v) is 19.6. The van der Waals surface area contributed by atoms with Crippen LogP contribution in [0.3, 0.4) is 0 Å². The number of thiophene rings is 1. The van der Waals surface area contributed by atoms with Crippen molar-refractivity contribution in [2.24, 2.45) is 0 Å². The fraction of sp³-hybridized carbons (Fsp3) is 0.524. The number of rotatable bonds is 8. The average Bonchev–Trinajstić information content (AvgIpc) is 3.36. The standard InChI is InChI=1S/C21H27N5O3S2/c1-13(2)26-16(8-9-22-26)23-17(27)12-30-21-24-19-18(20(28)25(21)10-11-29-3)14-6-4-5-7-15(14)31-19/h8-9,13H,4-7,10-12H2,1-3H3,(H,23,27). The van der Waals surface area contributed by atoms with Gasteiger partial charge in [-0.05, 0) is 45.1 Å². The van der Waals surface area contributed by atoms with E-state index in [1.807, 2.05) is 13.8 Å². The number of hydrogen-bond donors (Lipinski definition) is 1. The number of anilines is 1. The predicted octanol–water partition coefficient (Wildman–Crippen LogP) is 3.49. The maximum atomic E-state index is 13.4. The van der Waals surface area contributed by atoms with Gasteiger partial charge in [-0.2, -0.15) is 5.10 Å². The Morgan fingerprint density at radius 2 is 2.16 bits per heavy atom. The summed E-state index contributed by atoms with van der Waals surface area (Å²) in [4.78, 5) is 32.8. The van der Waals surface area contributed by atoms with Gasteiger partial charge in [-0.25, -0.2) is 9.67 Å². The lowest BCUT2D eigenvalue weighted by Gasteiger charge is -2.14. The van der Waals surface area contributed by atoms with Gasteiger partial charge in [0.2, 0.25) is 5.91 Å². The number of carbonyl (C=O) groups is 1. The number of aryl methyl sites for hydroxylation is 2. The molecule has 8 nitrogen and oxygen atoms in total. The topological polar surface area (TPSA) is 91.0 Å². The smallest absolute Gasteiger partial charge is 0.263 e. The molecule has 3 heterocycles. The molecule has 3 aromatic rings. The number of ether oxygens (including phenoxy) is 1. The Balaban J connectivity index is 1.59. The molecule has 0 saturated heterocycles. The number of nitrogens with zero attached hydrogens (tertiary/aromatic N) is 4. The van der Waals surface area contributed by atoms with Crippen LogP contribution in [0.15, 0.2) is 22.2 Å². The Hall–Kier alpha value is -2.17. The quantitative estimate of drug-likeness (QED) is 0.408. The molecular formula is C21H27N5O3S2. The lowest BCUT2D eigenvalue weighted by atomic mass is 9.97. The first-order valence-corrected chi connectivity index (χ1v) is 12.3. The number of amides is 1. The molecule has 0 spiro atoms. The van der Waals surface area contributed by atoms with E-state index >= 15 is 0 Å². The Morgan fingerprint density at radius 1 is 1.35 bits per heavy atom. The molecule has 1 aliphatic rings. The Morgan fingerprint density at radius 3 is 2.94 bits per heavy atom. The minimum absolute atomic E-state index is 0.0257. The molecule has 1 aliphatic carbocycles. The molecule has 0 aliphatic heterocycles. The lowest BCUT2D eigenvalue weighted by Crippen LogP contribution is -2.26. The maximum absolute atomic E-state index is 13.4. The molecule has 4 rings (SSSR count). The summed E-state index contributed by atoms with van der Waals surface area (Å²) in [6.45, 7) is 4.83. The maximum Gasteiger partial charge on any atom is 0.263 e. The van der Waals surface area contributed by atoms with Crippen molar-refractivity contribution in [3.05, 3.63) is 33.1 Å². The predicted molar refractivity (Wildman–Crippen MR) is 124 cm³/mol. The molecule has 0 bridgehead atoms. The van der Waals surface area contributed by atoms with Crippen molar-refractivity contribution < 1.29 is 9.53 Å². The van der Waals surface area contributed by atoms with Crippen LogP contribution in [-0.2, 0) is 28.9 Å². The second-order valence-electron chi connectivity index (χ2n) is 7.83. The van der Waals surface area contributed by atoms with E-state index in [9.17, 15) is 9.59 Å². The van der Waals surface area contributed by atoms with Gasteiger partial charge >= 0.3 is 0 Å². The van der Waals surface area contributed by atoms with Gasteiger partial charge in [-0.15, -0.1) is 11.3 Å². The summed E-state index contributed by atoms with van der Waals surface area (Å²) >= 11 is 2.90. The van der Waals surface area contributed by atoms with Crippen LogP contribution >= 0.6 is 23.1 Å². The van der Waals surface area contributed by atoms with E-state index in [0.717, 1.165) is 35.9 Å². The highest BCUT2D eigenvalue weighted by atomic mass is 32.2. The molecule has 0 saturated carbocycles. The molecule has 0 radical (unpaired) electrons. The number of hydrogen-bond acceptors (Lipinski definition) is 7. The third-order valence-electron chi connectivity index (χ3n) is 5.32. The number of carbonyl (C=O) groups excluding carboxylic acids is 1. The molecule has 10 heteroatoms. The second kappa shape index (κ2) is 9.54. The van der Waals surface area contributed by atoms with Crippen LogP contribution in [0.25, 0.3) is 10.2 Å². The summed E-state index contributed by atoms with van der Waals surface area (Å²) < 4.78 is 8.63. The lowest BCUT2D eigenvalue weighted by molar-refractivity contribution is -0.113. The van der Waals surface area contributed by atoms with E-state index in [1.54, 1.807) is 40.0 Å². The van der Waals surface area contributed by atoms with Crippen molar-refractivity contribution in [2.75, 3.05) is 24.8 Å². The summed E-state index contributed by atoms with van der Waals surface area (Å²) in [6.07, 6.45) is 5.89. The van der Waals surface area contributed by atoms with E-state index in [-0.39, 0.29) is 23.3 Å². The Bertz CT molecular complexity index is 1150. The third kappa shape index (κ3) is 4.56. The first-order chi connectivity index (χ1) is 15.0. The summed E-state index contributed by atoms with van der Waals surface area (Å²) in [6, 6.07) is 1.92. The highest BCUT2D eigenvalue weighted by Crippen LogP contribution is 2.34. The van der Waals surface area contributed by atoms with Gasteiger partial charge in [0.25, 0.3) is 5.56 Å². The second-order valence-corrected chi connectivity index (χ2v) is 9.85. The summed E-state index contributed by atoms with van der Waals surface area (Å²) in [5, 5.41) is 8.45.